The molecule has 1 aromatic carbocycles. The predicted octanol–water partition coefficient (Wildman–Crippen LogP) is 5.33. The first-order valence-electron chi connectivity index (χ1n) is 10.4. The maximum atomic E-state index is 13.7. The molecule has 0 atom stereocenters. The highest BCUT2D eigenvalue weighted by Crippen LogP contribution is 2.34. The van der Waals surface area contributed by atoms with E-state index in [1.807, 2.05) is 45.9 Å². The maximum Gasteiger partial charge on any atom is 0.278 e. The summed E-state index contributed by atoms with van der Waals surface area (Å²) in [5, 5.41) is 5.91. The first kappa shape index (κ1) is 22.7. The van der Waals surface area contributed by atoms with Gasteiger partial charge in [-0.25, -0.2) is 4.98 Å². The number of aryl methyl sites for hydroxylation is 2. The molecule has 162 valence electrons. The molecule has 30 heavy (non-hydrogen) atoms. The Labute approximate surface area is 187 Å². The quantitative estimate of drug-likeness (QED) is 0.468. The molecule has 3 rings (SSSR count). The zero-order valence-electron chi connectivity index (χ0n) is 18.6. The van der Waals surface area contributed by atoms with Gasteiger partial charge in [0.05, 0.1) is 15.9 Å². The Morgan fingerprint density at radius 1 is 1.20 bits per heavy atom. The summed E-state index contributed by atoms with van der Waals surface area (Å²) >= 11 is 7.83. The van der Waals surface area contributed by atoms with Gasteiger partial charge in [0, 0.05) is 24.2 Å². The van der Waals surface area contributed by atoms with Crippen LogP contribution in [0.25, 0.3) is 10.2 Å². The fraction of sp³-hybridized carbons (Fsp3) is 0.500. The van der Waals surface area contributed by atoms with Gasteiger partial charge in [-0.2, -0.15) is 5.10 Å². The van der Waals surface area contributed by atoms with Crippen molar-refractivity contribution < 1.29 is 4.79 Å². The van der Waals surface area contributed by atoms with Crippen LogP contribution in [0.1, 0.15) is 55.5 Å². The molecule has 0 spiro atoms. The SMILES string of the molecule is CCN(CC)CCN(C(=O)c1cc(C)nn1C(C)C)c1nc2c(C)c(Cl)ccc2s1. The zero-order valence-corrected chi connectivity index (χ0v) is 20.1. The van der Waals surface area contributed by atoms with Gasteiger partial charge in [0.25, 0.3) is 5.91 Å². The van der Waals surface area contributed by atoms with E-state index in [9.17, 15) is 4.79 Å². The number of carbonyl (C=O) groups excluding carboxylic acids is 1. The zero-order chi connectivity index (χ0) is 22.0. The van der Waals surface area contributed by atoms with E-state index in [2.05, 4.69) is 23.8 Å². The molecule has 8 heteroatoms. The second kappa shape index (κ2) is 9.45. The van der Waals surface area contributed by atoms with Crippen molar-refractivity contribution in [2.45, 2.75) is 47.6 Å². The van der Waals surface area contributed by atoms with Crippen LogP contribution in [0.15, 0.2) is 18.2 Å². The van der Waals surface area contributed by atoms with Gasteiger partial charge in [0.15, 0.2) is 5.13 Å². The van der Waals surface area contributed by atoms with Crippen LogP contribution in [0.3, 0.4) is 0 Å². The average Bonchev–Trinajstić information content (AvgIpc) is 3.32. The third kappa shape index (κ3) is 4.53. The third-order valence-corrected chi connectivity index (χ3v) is 6.77. The van der Waals surface area contributed by atoms with Gasteiger partial charge in [-0.3, -0.25) is 14.4 Å². The minimum Gasteiger partial charge on any atom is -0.302 e. The first-order chi connectivity index (χ1) is 14.3. The van der Waals surface area contributed by atoms with Crippen molar-refractivity contribution in [2.75, 3.05) is 31.1 Å². The van der Waals surface area contributed by atoms with Crippen LogP contribution in [0, 0.1) is 13.8 Å². The molecule has 0 aliphatic rings. The summed E-state index contributed by atoms with van der Waals surface area (Å²) < 4.78 is 2.83. The highest BCUT2D eigenvalue weighted by atomic mass is 35.5. The van der Waals surface area contributed by atoms with Crippen molar-refractivity contribution in [1.82, 2.24) is 19.7 Å². The van der Waals surface area contributed by atoms with Crippen LogP contribution in [0.5, 0.6) is 0 Å². The Hall–Kier alpha value is -1.96. The predicted molar refractivity (Wildman–Crippen MR) is 126 cm³/mol. The molecule has 6 nitrogen and oxygen atoms in total. The van der Waals surface area contributed by atoms with Crippen LogP contribution in [-0.2, 0) is 0 Å². The topological polar surface area (TPSA) is 54.3 Å². The summed E-state index contributed by atoms with van der Waals surface area (Å²) in [6, 6.07) is 5.82. The van der Waals surface area contributed by atoms with E-state index in [4.69, 9.17) is 16.6 Å². The second-order valence-corrected chi connectivity index (χ2v) is 9.12. The Morgan fingerprint density at radius 3 is 2.53 bits per heavy atom. The van der Waals surface area contributed by atoms with Gasteiger partial charge in [-0.15, -0.1) is 0 Å². The van der Waals surface area contributed by atoms with Crippen molar-refractivity contribution in [3.05, 3.63) is 40.2 Å². The summed E-state index contributed by atoms with van der Waals surface area (Å²) in [5.74, 6) is -0.0701. The summed E-state index contributed by atoms with van der Waals surface area (Å²) in [6.45, 7) is 15.4. The van der Waals surface area contributed by atoms with Gasteiger partial charge < -0.3 is 4.90 Å². The van der Waals surface area contributed by atoms with Gasteiger partial charge in [0.2, 0.25) is 0 Å². The maximum absolute atomic E-state index is 13.7. The molecule has 0 radical (unpaired) electrons. The van der Waals surface area contributed by atoms with E-state index in [0.29, 0.717) is 22.4 Å². The molecule has 1 amide bonds. The van der Waals surface area contributed by atoms with Crippen LogP contribution in [0.4, 0.5) is 5.13 Å². The van der Waals surface area contributed by atoms with E-state index >= 15 is 0 Å². The number of hydrogen-bond acceptors (Lipinski definition) is 5. The van der Waals surface area contributed by atoms with Crippen molar-refractivity contribution in [3.8, 4) is 0 Å². The van der Waals surface area contributed by atoms with Crippen molar-refractivity contribution in [3.63, 3.8) is 0 Å². The fourth-order valence-electron chi connectivity index (χ4n) is 3.48. The number of amides is 1. The van der Waals surface area contributed by atoms with Crippen LogP contribution >= 0.6 is 22.9 Å². The Morgan fingerprint density at radius 2 is 1.90 bits per heavy atom. The number of anilines is 1. The van der Waals surface area contributed by atoms with E-state index in [0.717, 1.165) is 41.1 Å². The summed E-state index contributed by atoms with van der Waals surface area (Å²) in [7, 11) is 0. The van der Waals surface area contributed by atoms with Crippen LogP contribution < -0.4 is 4.90 Å². The molecule has 0 saturated heterocycles. The molecule has 2 aromatic heterocycles. The van der Waals surface area contributed by atoms with Crippen LogP contribution in [-0.4, -0.2) is 51.8 Å². The first-order valence-corrected chi connectivity index (χ1v) is 11.6. The number of carbonyl (C=O) groups is 1. The number of nitrogens with zero attached hydrogens (tertiary/aromatic N) is 5. The van der Waals surface area contributed by atoms with Crippen molar-refractivity contribution >= 4 is 44.2 Å². The second-order valence-electron chi connectivity index (χ2n) is 7.71. The fourth-order valence-corrected chi connectivity index (χ4v) is 4.68. The minimum atomic E-state index is -0.0701. The van der Waals surface area contributed by atoms with Crippen molar-refractivity contribution in [1.29, 1.82) is 0 Å². The molecule has 0 fully saturated rings. The number of likely N-dealkylation sites (N-methyl/N-ethyl adjacent to an activating group) is 1. The molecular weight excluding hydrogens is 418 g/mol. The molecule has 0 aliphatic heterocycles. The lowest BCUT2D eigenvalue weighted by Gasteiger charge is -2.25. The number of hydrogen-bond donors (Lipinski definition) is 0. The van der Waals surface area contributed by atoms with E-state index in [-0.39, 0.29) is 11.9 Å². The molecule has 0 unspecified atom stereocenters. The number of aromatic nitrogens is 3. The standard InChI is InChI=1S/C22H30ClN5OS/c1-7-26(8-2)11-12-27(21(29)18-13-15(5)25-28(18)14(3)4)22-24-20-16(6)17(23)9-10-19(20)30-22/h9-10,13-14H,7-8,11-12H2,1-6H3. The van der Waals surface area contributed by atoms with E-state index in [1.54, 1.807) is 9.58 Å². The van der Waals surface area contributed by atoms with Gasteiger partial charge in [-0.1, -0.05) is 36.8 Å². The Balaban J connectivity index is 2.05. The molecule has 0 saturated carbocycles. The van der Waals surface area contributed by atoms with E-state index < -0.39 is 0 Å². The number of rotatable bonds is 8. The summed E-state index contributed by atoms with van der Waals surface area (Å²) in [5.41, 5.74) is 3.23. The molecule has 0 N–H and O–H groups in total. The monoisotopic (exact) mass is 447 g/mol. The summed E-state index contributed by atoms with van der Waals surface area (Å²) in [6.07, 6.45) is 0. The smallest absolute Gasteiger partial charge is 0.278 e. The third-order valence-electron chi connectivity index (χ3n) is 5.31. The number of halogens is 1. The lowest BCUT2D eigenvalue weighted by molar-refractivity contribution is 0.0971. The Kier molecular flexibility index (Phi) is 7.16. The van der Waals surface area contributed by atoms with E-state index in [1.165, 1.54) is 11.3 Å². The Bertz CT molecular complexity index is 1040. The van der Waals surface area contributed by atoms with Crippen LogP contribution in [0.2, 0.25) is 5.02 Å². The summed E-state index contributed by atoms with van der Waals surface area (Å²) in [4.78, 5) is 22.6. The molecule has 2 heterocycles. The molecular formula is C22H30ClN5OS. The number of thiazole rings is 1. The van der Waals surface area contributed by atoms with Gasteiger partial charge >= 0.3 is 0 Å². The van der Waals surface area contributed by atoms with Gasteiger partial charge in [0.1, 0.15) is 5.69 Å². The highest BCUT2D eigenvalue weighted by Gasteiger charge is 2.26. The normalized spacial score (nSPS) is 11.8. The highest BCUT2D eigenvalue weighted by molar-refractivity contribution is 7.22. The lowest BCUT2D eigenvalue weighted by atomic mass is 10.2. The average molecular weight is 448 g/mol. The number of fused-ring (bicyclic) bond motifs is 1. The minimum absolute atomic E-state index is 0.0701. The molecule has 0 bridgehead atoms. The lowest BCUT2D eigenvalue weighted by Crippen LogP contribution is -2.39. The molecule has 3 aromatic rings. The van der Waals surface area contributed by atoms with Crippen molar-refractivity contribution in [2.24, 2.45) is 0 Å². The van der Waals surface area contributed by atoms with Gasteiger partial charge in [-0.05, 0) is 64.5 Å². The number of benzene rings is 1. The molecule has 0 aliphatic carbocycles. The largest absolute Gasteiger partial charge is 0.302 e.